The molecule has 56 valence electrons. The third-order valence-electron chi connectivity index (χ3n) is 1.02. The van der Waals surface area contributed by atoms with E-state index in [9.17, 15) is 4.79 Å². The van der Waals surface area contributed by atoms with Crippen molar-refractivity contribution in [3.05, 3.63) is 0 Å². The van der Waals surface area contributed by atoms with E-state index in [1.54, 1.807) is 6.92 Å². The minimum absolute atomic E-state index is 0.209. The van der Waals surface area contributed by atoms with Gasteiger partial charge in [-0.25, -0.2) is 0 Å². The third-order valence-corrected chi connectivity index (χ3v) is 1.02. The molecule has 0 bridgehead atoms. The molecule has 0 aromatic heterocycles. The Kier molecular flexibility index (Phi) is 4.25. The van der Waals surface area contributed by atoms with Crippen LogP contribution < -0.4 is 11.1 Å². The maximum Gasteiger partial charge on any atom is 0.218 e. The molecule has 0 radical (unpaired) electrons. The van der Waals surface area contributed by atoms with Crippen LogP contribution in [0.1, 0.15) is 13.3 Å². The highest BCUT2D eigenvalue weighted by Gasteiger charge is 1.97. The molecule has 0 heterocycles. The van der Waals surface area contributed by atoms with Gasteiger partial charge >= 0.3 is 0 Å². The number of carbonyl (C=O) groups excluding carboxylic acids is 1. The Morgan fingerprint density at radius 2 is 2.50 bits per heavy atom. The molecule has 0 aliphatic rings. The lowest BCUT2D eigenvalue weighted by Crippen LogP contribution is -2.28. The van der Waals surface area contributed by atoms with Crippen LogP contribution in [0, 0.1) is 11.3 Å². The predicted molar refractivity (Wildman–Crippen MR) is 36.9 cm³/mol. The zero-order chi connectivity index (χ0) is 7.98. The molecule has 0 aromatic rings. The number of nitrogens with two attached hydrogens (primary N) is 1. The summed E-state index contributed by atoms with van der Waals surface area (Å²) < 4.78 is 0. The van der Waals surface area contributed by atoms with E-state index in [1.807, 2.05) is 6.07 Å². The average molecular weight is 141 g/mol. The molecule has 3 N–H and O–H groups in total. The Hall–Kier alpha value is -1.08. The van der Waals surface area contributed by atoms with Crippen LogP contribution in [0.15, 0.2) is 0 Å². The van der Waals surface area contributed by atoms with E-state index in [0.29, 0.717) is 6.54 Å². The number of hydrogen-bond acceptors (Lipinski definition) is 3. The van der Waals surface area contributed by atoms with E-state index >= 15 is 0 Å². The van der Waals surface area contributed by atoms with Gasteiger partial charge in [0, 0.05) is 13.0 Å². The minimum atomic E-state index is -0.349. The summed E-state index contributed by atoms with van der Waals surface area (Å²) in [6.45, 7) is 2.20. The van der Waals surface area contributed by atoms with Crippen molar-refractivity contribution in [1.29, 1.82) is 5.26 Å². The van der Waals surface area contributed by atoms with Crippen molar-refractivity contribution in [3.8, 4) is 6.07 Å². The lowest BCUT2D eigenvalue weighted by Gasteiger charge is -2.02. The summed E-state index contributed by atoms with van der Waals surface area (Å²) in [4.78, 5) is 10.2. The van der Waals surface area contributed by atoms with Crippen molar-refractivity contribution >= 4 is 5.91 Å². The Morgan fingerprint density at radius 3 is 2.90 bits per heavy atom. The molecule has 0 aromatic carbocycles. The molecule has 0 aliphatic heterocycles. The molecule has 0 fully saturated rings. The monoisotopic (exact) mass is 141 g/mol. The first kappa shape index (κ1) is 8.92. The lowest BCUT2D eigenvalue weighted by molar-refractivity contribution is -0.117. The fraction of sp³-hybridized carbons (Fsp3) is 0.667. The van der Waals surface area contributed by atoms with Crippen LogP contribution >= 0.6 is 0 Å². The summed E-state index contributed by atoms with van der Waals surface area (Å²) in [5, 5.41) is 11.1. The molecule has 0 spiro atoms. The number of hydrogen-bond donors (Lipinski definition) is 2. The van der Waals surface area contributed by atoms with Crippen molar-refractivity contribution in [3.63, 3.8) is 0 Å². The van der Waals surface area contributed by atoms with Gasteiger partial charge in [-0.3, -0.25) is 4.79 Å². The molecule has 0 saturated carbocycles. The first-order valence-electron chi connectivity index (χ1n) is 3.08. The summed E-state index contributed by atoms with van der Waals surface area (Å²) in [6.07, 6.45) is 0.284. The Bertz CT molecular complexity index is 150. The Labute approximate surface area is 60.0 Å². The molecule has 4 heteroatoms. The standard InChI is InChI=1S/C6H11N3O/c1-5(4-7)9-3-2-6(8)10/h5,9H,2-3H2,1H3,(H2,8,10). The molecule has 4 nitrogen and oxygen atoms in total. The largest absolute Gasteiger partial charge is 0.370 e. The number of nitriles is 1. The van der Waals surface area contributed by atoms with E-state index in [4.69, 9.17) is 11.0 Å². The minimum Gasteiger partial charge on any atom is -0.370 e. The molecule has 0 aliphatic carbocycles. The Morgan fingerprint density at radius 1 is 1.90 bits per heavy atom. The molecule has 1 atom stereocenters. The van der Waals surface area contributed by atoms with Crippen LogP contribution in [0.5, 0.6) is 0 Å². The number of nitrogens with zero attached hydrogens (tertiary/aromatic N) is 1. The molecular formula is C6H11N3O. The summed E-state index contributed by atoms with van der Waals surface area (Å²) in [6, 6.07) is 1.77. The van der Waals surface area contributed by atoms with Gasteiger partial charge in [0.15, 0.2) is 0 Å². The van der Waals surface area contributed by atoms with E-state index < -0.39 is 0 Å². The van der Waals surface area contributed by atoms with Crippen molar-refractivity contribution in [2.45, 2.75) is 19.4 Å². The van der Waals surface area contributed by atoms with E-state index in [0.717, 1.165) is 0 Å². The fourth-order valence-electron chi connectivity index (χ4n) is 0.458. The van der Waals surface area contributed by atoms with Crippen molar-refractivity contribution in [2.24, 2.45) is 5.73 Å². The van der Waals surface area contributed by atoms with Crippen LogP contribution in [0.2, 0.25) is 0 Å². The van der Waals surface area contributed by atoms with Gasteiger partial charge in [0.1, 0.15) is 0 Å². The smallest absolute Gasteiger partial charge is 0.218 e. The van der Waals surface area contributed by atoms with Crippen molar-refractivity contribution in [2.75, 3.05) is 6.54 Å². The van der Waals surface area contributed by atoms with Gasteiger partial charge in [-0.2, -0.15) is 5.26 Å². The second kappa shape index (κ2) is 4.77. The maximum absolute atomic E-state index is 10.2. The van der Waals surface area contributed by atoms with Crippen LogP contribution in [0.4, 0.5) is 0 Å². The number of nitrogens with one attached hydrogen (secondary N) is 1. The van der Waals surface area contributed by atoms with E-state index in [-0.39, 0.29) is 18.4 Å². The van der Waals surface area contributed by atoms with Crippen LogP contribution in [0.25, 0.3) is 0 Å². The Balaban J connectivity index is 3.22. The predicted octanol–water partition coefficient (Wildman–Crippen LogP) is -0.637. The number of rotatable bonds is 4. The maximum atomic E-state index is 10.2. The van der Waals surface area contributed by atoms with Crippen molar-refractivity contribution in [1.82, 2.24) is 5.32 Å². The van der Waals surface area contributed by atoms with Gasteiger partial charge in [-0.15, -0.1) is 0 Å². The lowest BCUT2D eigenvalue weighted by atomic mass is 10.3. The molecule has 0 saturated heterocycles. The second-order valence-corrected chi connectivity index (χ2v) is 2.02. The molecule has 0 rings (SSSR count). The molecular weight excluding hydrogens is 130 g/mol. The molecule has 1 unspecified atom stereocenters. The SMILES string of the molecule is CC(C#N)NCCC(N)=O. The number of primary amides is 1. The summed E-state index contributed by atoms with van der Waals surface area (Å²) in [5.41, 5.74) is 4.86. The fourth-order valence-corrected chi connectivity index (χ4v) is 0.458. The van der Waals surface area contributed by atoms with Gasteiger partial charge < -0.3 is 11.1 Å². The van der Waals surface area contributed by atoms with Gasteiger partial charge in [0.25, 0.3) is 0 Å². The first-order chi connectivity index (χ1) is 4.66. The number of amides is 1. The topological polar surface area (TPSA) is 78.9 Å². The molecule has 10 heavy (non-hydrogen) atoms. The normalized spacial score (nSPS) is 12.0. The highest BCUT2D eigenvalue weighted by Crippen LogP contribution is 1.78. The zero-order valence-corrected chi connectivity index (χ0v) is 5.92. The molecule has 1 amide bonds. The second-order valence-electron chi connectivity index (χ2n) is 2.02. The summed E-state index contributed by atoms with van der Waals surface area (Å²) >= 11 is 0. The third kappa shape index (κ3) is 5.06. The van der Waals surface area contributed by atoms with Gasteiger partial charge in [0.05, 0.1) is 12.1 Å². The highest BCUT2D eigenvalue weighted by molar-refractivity contribution is 5.73. The van der Waals surface area contributed by atoms with Gasteiger partial charge in [0.2, 0.25) is 5.91 Å². The quantitative estimate of drug-likeness (QED) is 0.546. The van der Waals surface area contributed by atoms with Crippen LogP contribution in [-0.2, 0) is 4.79 Å². The number of carbonyl (C=O) groups is 1. The van der Waals surface area contributed by atoms with E-state index in [2.05, 4.69) is 5.32 Å². The van der Waals surface area contributed by atoms with Crippen molar-refractivity contribution < 1.29 is 4.79 Å². The first-order valence-corrected chi connectivity index (χ1v) is 3.08. The zero-order valence-electron chi connectivity index (χ0n) is 5.92. The van der Waals surface area contributed by atoms with Crippen LogP contribution in [0.3, 0.4) is 0 Å². The highest BCUT2D eigenvalue weighted by atomic mass is 16.1. The van der Waals surface area contributed by atoms with E-state index in [1.165, 1.54) is 0 Å². The van der Waals surface area contributed by atoms with Gasteiger partial charge in [-0.1, -0.05) is 0 Å². The van der Waals surface area contributed by atoms with Crippen LogP contribution in [-0.4, -0.2) is 18.5 Å². The van der Waals surface area contributed by atoms with Gasteiger partial charge in [-0.05, 0) is 6.92 Å². The summed E-state index contributed by atoms with van der Waals surface area (Å²) in [5.74, 6) is -0.349. The summed E-state index contributed by atoms with van der Waals surface area (Å²) in [7, 11) is 0. The average Bonchev–Trinajstić information content (AvgIpc) is 1.87.